The number of benzene rings is 2. The highest BCUT2D eigenvalue weighted by atomic mass is 35.5. The molecule has 0 heterocycles. The molecule has 0 bridgehead atoms. The molecule has 2 rings (SSSR count). The molecule has 2 N–H and O–H groups in total. The minimum atomic E-state index is -0.543. The summed E-state index contributed by atoms with van der Waals surface area (Å²) in [4.78, 5) is 0. The molecule has 1 atom stereocenters. The summed E-state index contributed by atoms with van der Waals surface area (Å²) in [6.45, 7) is 3.48. The van der Waals surface area contributed by atoms with Gasteiger partial charge in [0, 0.05) is 18.1 Å². The van der Waals surface area contributed by atoms with Crippen LogP contribution in [0.5, 0.6) is 5.75 Å². The van der Waals surface area contributed by atoms with Crippen LogP contribution >= 0.6 is 11.6 Å². The topological polar surface area (TPSA) is 41.5 Å². The van der Waals surface area contributed by atoms with E-state index in [-0.39, 0.29) is 6.61 Å². The lowest BCUT2D eigenvalue weighted by molar-refractivity contribution is 0.106. The van der Waals surface area contributed by atoms with Crippen molar-refractivity contribution in [1.82, 2.24) is 5.32 Å². The van der Waals surface area contributed by atoms with Gasteiger partial charge in [-0.2, -0.15) is 0 Å². The molecular formula is C17H20ClNO2. The van der Waals surface area contributed by atoms with Crippen molar-refractivity contribution in [2.75, 3.05) is 13.2 Å². The van der Waals surface area contributed by atoms with Gasteiger partial charge in [-0.05, 0) is 36.8 Å². The number of nitrogens with one attached hydrogen (secondary N) is 1. The molecule has 0 aliphatic heterocycles. The predicted molar refractivity (Wildman–Crippen MR) is 85.8 cm³/mol. The van der Waals surface area contributed by atoms with Crippen LogP contribution in [-0.4, -0.2) is 24.4 Å². The van der Waals surface area contributed by atoms with Crippen molar-refractivity contribution < 1.29 is 9.84 Å². The first-order valence-corrected chi connectivity index (χ1v) is 7.34. The third-order valence-electron chi connectivity index (χ3n) is 3.09. The zero-order valence-corrected chi connectivity index (χ0v) is 12.8. The minimum absolute atomic E-state index is 0.274. The van der Waals surface area contributed by atoms with Gasteiger partial charge >= 0.3 is 0 Å². The van der Waals surface area contributed by atoms with E-state index in [4.69, 9.17) is 16.3 Å². The molecule has 112 valence electrons. The van der Waals surface area contributed by atoms with Crippen molar-refractivity contribution in [3.63, 3.8) is 0 Å². The normalized spacial score (nSPS) is 12.1. The van der Waals surface area contributed by atoms with Gasteiger partial charge in [0.05, 0.1) is 0 Å². The van der Waals surface area contributed by atoms with Crippen LogP contribution in [0.1, 0.15) is 11.1 Å². The van der Waals surface area contributed by atoms with Crippen LogP contribution in [0.3, 0.4) is 0 Å². The maximum Gasteiger partial charge on any atom is 0.119 e. The first-order chi connectivity index (χ1) is 10.1. The van der Waals surface area contributed by atoms with Crippen LogP contribution in [-0.2, 0) is 6.54 Å². The van der Waals surface area contributed by atoms with Crippen LogP contribution in [0.4, 0.5) is 0 Å². The zero-order chi connectivity index (χ0) is 15.1. The van der Waals surface area contributed by atoms with E-state index in [1.807, 2.05) is 55.5 Å². The van der Waals surface area contributed by atoms with E-state index in [0.717, 1.165) is 16.3 Å². The quantitative estimate of drug-likeness (QED) is 0.825. The number of ether oxygens (including phenoxy) is 1. The Morgan fingerprint density at radius 2 is 1.76 bits per heavy atom. The summed E-state index contributed by atoms with van der Waals surface area (Å²) in [5.74, 6) is 0.775. The molecule has 0 radical (unpaired) electrons. The molecule has 0 aliphatic rings. The molecule has 0 amide bonds. The lowest BCUT2D eigenvalue weighted by atomic mass is 10.2. The van der Waals surface area contributed by atoms with Crippen LogP contribution in [0.15, 0.2) is 48.5 Å². The van der Waals surface area contributed by atoms with E-state index in [2.05, 4.69) is 5.32 Å². The molecule has 2 aromatic rings. The Hall–Kier alpha value is -1.55. The van der Waals surface area contributed by atoms with Gasteiger partial charge in [0.1, 0.15) is 18.5 Å². The first-order valence-electron chi connectivity index (χ1n) is 6.96. The number of halogens is 1. The van der Waals surface area contributed by atoms with Crippen LogP contribution in [0.25, 0.3) is 0 Å². The highest BCUT2D eigenvalue weighted by Crippen LogP contribution is 2.11. The van der Waals surface area contributed by atoms with E-state index in [1.165, 1.54) is 5.56 Å². The fraction of sp³-hybridized carbons (Fsp3) is 0.294. The Labute approximate surface area is 130 Å². The fourth-order valence-electron chi connectivity index (χ4n) is 1.87. The molecule has 0 aromatic heterocycles. The van der Waals surface area contributed by atoms with Crippen LogP contribution in [0, 0.1) is 6.92 Å². The molecule has 0 saturated carbocycles. The molecule has 2 aromatic carbocycles. The van der Waals surface area contributed by atoms with E-state index in [1.54, 1.807) is 0 Å². The first kappa shape index (κ1) is 15.8. The fourth-order valence-corrected chi connectivity index (χ4v) is 2.00. The highest BCUT2D eigenvalue weighted by Gasteiger charge is 2.05. The van der Waals surface area contributed by atoms with Gasteiger partial charge < -0.3 is 15.2 Å². The zero-order valence-electron chi connectivity index (χ0n) is 12.1. The molecule has 0 saturated heterocycles. The van der Waals surface area contributed by atoms with Gasteiger partial charge in [0.25, 0.3) is 0 Å². The molecule has 0 fully saturated rings. The molecular weight excluding hydrogens is 286 g/mol. The smallest absolute Gasteiger partial charge is 0.119 e. The number of aliphatic hydroxyl groups is 1. The Morgan fingerprint density at radius 1 is 1.10 bits per heavy atom. The van der Waals surface area contributed by atoms with Gasteiger partial charge in [-0.15, -0.1) is 0 Å². The lowest BCUT2D eigenvalue weighted by Crippen LogP contribution is -2.31. The summed E-state index contributed by atoms with van der Waals surface area (Å²) in [7, 11) is 0. The Kier molecular flexibility index (Phi) is 6.05. The van der Waals surface area contributed by atoms with Gasteiger partial charge in [0.2, 0.25) is 0 Å². The number of aryl methyl sites for hydroxylation is 1. The van der Waals surface area contributed by atoms with Crippen molar-refractivity contribution >= 4 is 11.6 Å². The molecule has 0 aliphatic carbocycles. The maximum absolute atomic E-state index is 9.88. The van der Waals surface area contributed by atoms with Crippen LogP contribution < -0.4 is 10.1 Å². The minimum Gasteiger partial charge on any atom is -0.491 e. The second-order valence-electron chi connectivity index (χ2n) is 5.04. The molecule has 4 heteroatoms. The standard InChI is InChI=1S/C17H20ClNO2/c1-13-2-8-17(9-3-13)21-12-16(20)11-19-10-14-4-6-15(18)7-5-14/h2-9,16,19-20H,10-12H2,1H3. The monoisotopic (exact) mass is 305 g/mol. The Balaban J connectivity index is 1.66. The summed E-state index contributed by atoms with van der Waals surface area (Å²) >= 11 is 5.83. The van der Waals surface area contributed by atoms with Gasteiger partial charge in [-0.3, -0.25) is 0 Å². The van der Waals surface area contributed by atoms with E-state index in [9.17, 15) is 5.11 Å². The summed E-state index contributed by atoms with van der Waals surface area (Å²) in [6.07, 6.45) is -0.543. The van der Waals surface area contributed by atoms with Crippen molar-refractivity contribution in [1.29, 1.82) is 0 Å². The Bertz CT molecular complexity index is 540. The number of aliphatic hydroxyl groups excluding tert-OH is 1. The SMILES string of the molecule is Cc1ccc(OCC(O)CNCc2ccc(Cl)cc2)cc1. The van der Waals surface area contributed by atoms with E-state index < -0.39 is 6.10 Å². The third-order valence-corrected chi connectivity index (χ3v) is 3.34. The van der Waals surface area contributed by atoms with E-state index in [0.29, 0.717) is 13.1 Å². The van der Waals surface area contributed by atoms with Crippen molar-refractivity contribution in [2.24, 2.45) is 0 Å². The van der Waals surface area contributed by atoms with E-state index >= 15 is 0 Å². The number of rotatable bonds is 7. The van der Waals surface area contributed by atoms with Crippen molar-refractivity contribution in [3.8, 4) is 5.75 Å². The van der Waals surface area contributed by atoms with Gasteiger partial charge in [-0.25, -0.2) is 0 Å². The maximum atomic E-state index is 9.88. The second kappa shape index (κ2) is 8.03. The lowest BCUT2D eigenvalue weighted by Gasteiger charge is -2.13. The second-order valence-corrected chi connectivity index (χ2v) is 5.47. The highest BCUT2D eigenvalue weighted by molar-refractivity contribution is 6.30. The van der Waals surface area contributed by atoms with Crippen molar-refractivity contribution in [3.05, 3.63) is 64.7 Å². The summed E-state index contributed by atoms with van der Waals surface area (Å²) in [5.41, 5.74) is 2.32. The average Bonchev–Trinajstić information content (AvgIpc) is 2.49. The number of hydrogen-bond acceptors (Lipinski definition) is 3. The molecule has 21 heavy (non-hydrogen) atoms. The molecule has 0 spiro atoms. The average molecular weight is 306 g/mol. The van der Waals surface area contributed by atoms with Crippen LogP contribution in [0.2, 0.25) is 5.02 Å². The summed E-state index contributed by atoms with van der Waals surface area (Å²) in [6, 6.07) is 15.4. The Morgan fingerprint density at radius 3 is 2.43 bits per heavy atom. The number of hydrogen-bond donors (Lipinski definition) is 2. The third kappa shape index (κ3) is 5.76. The van der Waals surface area contributed by atoms with Crippen molar-refractivity contribution in [2.45, 2.75) is 19.6 Å². The summed E-state index contributed by atoms with van der Waals surface area (Å²) in [5, 5.41) is 13.8. The molecule has 3 nitrogen and oxygen atoms in total. The summed E-state index contributed by atoms with van der Waals surface area (Å²) < 4.78 is 5.53. The van der Waals surface area contributed by atoms with Gasteiger partial charge in [0.15, 0.2) is 0 Å². The van der Waals surface area contributed by atoms with Gasteiger partial charge in [-0.1, -0.05) is 41.4 Å². The molecule has 1 unspecified atom stereocenters. The predicted octanol–water partition coefficient (Wildman–Crippen LogP) is 3.18. The largest absolute Gasteiger partial charge is 0.491 e.